The van der Waals surface area contributed by atoms with E-state index in [2.05, 4.69) is 10.3 Å². The highest BCUT2D eigenvalue weighted by Crippen LogP contribution is 2.39. The van der Waals surface area contributed by atoms with Crippen LogP contribution < -0.4 is 16.0 Å². The largest absolute Gasteiger partial charge is 0.366 e. The third kappa shape index (κ3) is 4.99. The van der Waals surface area contributed by atoms with E-state index < -0.39 is 11.7 Å². The Balaban J connectivity index is 1.45. The Morgan fingerprint density at radius 2 is 1.53 bits per heavy atom. The summed E-state index contributed by atoms with van der Waals surface area (Å²) in [6, 6.07) is 29.2. The Hall–Kier alpha value is -5.76. The topological polar surface area (TPSA) is 108 Å². The number of hydrogen-bond acceptors (Lipinski definition) is 3. The summed E-state index contributed by atoms with van der Waals surface area (Å²) in [5.41, 5.74) is 11.9. The predicted molar refractivity (Wildman–Crippen MR) is 168 cm³/mol. The lowest BCUT2D eigenvalue weighted by Gasteiger charge is -2.17. The van der Waals surface area contributed by atoms with Crippen LogP contribution in [0.25, 0.3) is 32.9 Å². The number of benzene rings is 5. The molecule has 3 amide bonds. The van der Waals surface area contributed by atoms with Crippen molar-refractivity contribution in [1.29, 1.82) is 0 Å². The van der Waals surface area contributed by atoms with Crippen LogP contribution in [0.2, 0.25) is 0 Å². The molecule has 212 valence electrons. The van der Waals surface area contributed by atoms with Crippen molar-refractivity contribution in [3.8, 4) is 11.1 Å². The minimum atomic E-state index is -0.583. The maximum Gasteiger partial charge on any atom is 0.258 e. The Labute approximate surface area is 246 Å². The lowest BCUT2D eigenvalue weighted by molar-refractivity contribution is 0.0988. The number of nitrogens with zero attached hydrogens (tertiary/aromatic N) is 1. The number of aromatic amines is 1. The van der Waals surface area contributed by atoms with Gasteiger partial charge >= 0.3 is 0 Å². The number of nitrogens with two attached hydrogens (primary N) is 1. The van der Waals surface area contributed by atoms with Gasteiger partial charge in [-0.3, -0.25) is 14.4 Å². The van der Waals surface area contributed by atoms with E-state index in [1.54, 1.807) is 36.2 Å². The van der Waals surface area contributed by atoms with Gasteiger partial charge in [-0.05, 0) is 84.3 Å². The first-order valence-electron chi connectivity index (χ1n) is 13.6. The molecule has 7 nitrogen and oxygen atoms in total. The summed E-state index contributed by atoms with van der Waals surface area (Å²) >= 11 is 0. The van der Waals surface area contributed by atoms with Gasteiger partial charge in [-0.2, -0.15) is 0 Å². The van der Waals surface area contributed by atoms with Crippen LogP contribution in [-0.4, -0.2) is 29.8 Å². The number of primary amides is 1. The first kappa shape index (κ1) is 27.4. The molecule has 0 atom stereocenters. The van der Waals surface area contributed by atoms with E-state index in [1.807, 2.05) is 61.5 Å². The quantitative estimate of drug-likeness (QED) is 0.199. The third-order valence-corrected chi connectivity index (χ3v) is 7.69. The van der Waals surface area contributed by atoms with E-state index in [0.29, 0.717) is 33.4 Å². The number of hydrogen-bond donors (Lipinski definition) is 3. The molecule has 0 fully saturated rings. The Morgan fingerprint density at radius 1 is 0.814 bits per heavy atom. The van der Waals surface area contributed by atoms with Crippen LogP contribution in [0.5, 0.6) is 0 Å². The molecule has 0 bridgehead atoms. The van der Waals surface area contributed by atoms with Crippen LogP contribution in [0.4, 0.5) is 15.8 Å². The van der Waals surface area contributed by atoms with E-state index in [-0.39, 0.29) is 11.8 Å². The van der Waals surface area contributed by atoms with Crippen molar-refractivity contribution < 1.29 is 18.8 Å². The number of carbonyl (C=O) groups excluding carboxylic acids is 3. The number of para-hydroxylation sites is 1. The van der Waals surface area contributed by atoms with Gasteiger partial charge in [-0.1, -0.05) is 42.5 Å². The minimum Gasteiger partial charge on any atom is -0.366 e. The summed E-state index contributed by atoms with van der Waals surface area (Å²) in [5.74, 6) is -1.54. The van der Waals surface area contributed by atoms with Crippen LogP contribution in [-0.2, 0) is 0 Å². The molecule has 0 aliphatic carbocycles. The van der Waals surface area contributed by atoms with Crippen LogP contribution in [0, 0.1) is 12.7 Å². The van der Waals surface area contributed by atoms with Gasteiger partial charge in [0.25, 0.3) is 17.7 Å². The van der Waals surface area contributed by atoms with Gasteiger partial charge in [-0.25, -0.2) is 4.39 Å². The number of fused-ring (bicyclic) bond motifs is 3. The van der Waals surface area contributed by atoms with Crippen LogP contribution in [0.15, 0.2) is 103 Å². The van der Waals surface area contributed by atoms with Crippen molar-refractivity contribution in [1.82, 2.24) is 4.98 Å². The number of anilines is 2. The molecule has 4 N–H and O–H groups in total. The normalized spacial score (nSPS) is 11.0. The van der Waals surface area contributed by atoms with E-state index >= 15 is 0 Å². The van der Waals surface area contributed by atoms with Gasteiger partial charge in [0.2, 0.25) is 0 Å². The molecule has 5 aromatic carbocycles. The van der Waals surface area contributed by atoms with Gasteiger partial charge < -0.3 is 20.9 Å². The van der Waals surface area contributed by atoms with Crippen LogP contribution >= 0.6 is 0 Å². The molecule has 8 heteroatoms. The second-order valence-corrected chi connectivity index (χ2v) is 10.3. The van der Waals surface area contributed by atoms with Gasteiger partial charge in [0.05, 0.1) is 11.1 Å². The highest BCUT2D eigenvalue weighted by Gasteiger charge is 2.21. The molecule has 0 radical (unpaired) electrons. The van der Waals surface area contributed by atoms with Crippen molar-refractivity contribution >= 4 is 50.9 Å². The fourth-order valence-electron chi connectivity index (χ4n) is 5.40. The predicted octanol–water partition coefficient (Wildman–Crippen LogP) is 7.06. The lowest BCUT2D eigenvalue weighted by Crippen LogP contribution is -2.26. The van der Waals surface area contributed by atoms with Gasteiger partial charge in [0.1, 0.15) is 5.82 Å². The molecule has 0 aliphatic heterocycles. The summed E-state index contributed by atoms with van der Waals surface area (Å²) in [4.78, 5) is 43.6. The maximum atomic E-state index is 13.4. The fourth-order valence-corrected chi connectivity index (χ4v) is 5.40. The van der Waals surface area contributed by atoms with Gasteiger partial charge in [0.15, 0.2) is 0 Å². The monoisotopic (exact) mass is 570 g/mol. The zero-order valence-corrected chi connectivity index (χ0v) is 23.4. The molecule has 6 rings (SSSR count). The summed E-state index contributed by atoms with van der Waals surface area (Å²) in [7, 11) is 1.72. The molecule has 6 aromatic rings. The highest BCUT2D eigenvalue weighted by atomic mass is 19.1. The van der Waals surface area contributed by atoms with Crippen molar-refractivity contribution in [3.63, 3.8) is 0 Å². The average molecular weight is 571 g/mol. The molecule has 0 spiro atoms. The van der Waals surface area contributed by atoms with Crippen molar-refractivity contribution in [3.05, 3.63) is 131 Å². The number of carbonyl (C=O) groups is 3. The Bertz CT molecular complexity index is 2050. The number of aromatic nitrogens is 1. The smallest absolute Gasteiger partial charge is 0.258 e. The number of amides is 3. The summed E-state index contributed by atoms with van der Waals surface area (Å²) < 4.78 is 13.4. The number of H-pyrrole nitrogens is 1. The average Bonchev–Trinajstić information content (AvgIpc) is 3.40. The van der Waals surface area contributed by atoms with Crippen LogP contribution in [0.3, 0.4) is 0 Å². The molecule has 43 heavy (non-hydrogen) atoms. The zero-order chi connectivity index (χ0) is 30.2. The zero-order valence-electron chi connectivity index (χ0n) is 23.4. The molecule has 1 aromatic heterocycles. The van der Waals surface area contributed by atoms with Gasteiger partial charge in [0, 0.05) is 45.8 Å². The summed E-state index contributed by atoms with van der Waals surface area (Å²) in [5, 5.41) is 4.51. The Kier molecular flexibility index (Phi) is 6.95. The maximum absolute atomic E-state index is 13.4. The first-order valence-corrected chi connectivity index (χ1v) is 13.6. The summed E-state index contributed by atoms with van der Waals surface area (Å²) in [6.07, 6.45) is 0. The summed E-state index contributed by atoms with van der Waals surface area (Å²) in [6.45, 7) is 1.90. The van der Waals surface area contributed by atoms with Crippen molar-refractivity contribution in [2.45, 2.75) is 6.92 Å². The van der Waals surface area contributed by atoms with E-state index in [0.717, 1.165) is 33.2 Å². The molecular formula is C35H27FN4O3. The van der Waals surface area contributed by atoms with Crippen molar-refractivity contribution in [2.24, 2.45) is 5.73 Å². The fraction of sp³-hybridized carbons (Fsp3) is 0.0571. The van der Waals surface area contributed by atoms with E-state index in [4.69, 9.17) is 5.73 Å². The molecule has 1 heterocycles. The third-order valence-electron chi connectivity index (χ3n) is 7.69. The van der Waals surface area contributed by atoms with E-state index in [1.165, 1.54) is 24.3 Å². The lowest BCUT2D eigenvalue weighted by atomic mass is 9.93. The standard InChI is InChI=1S/C35H27FN4O3/c1-20-25(9-6-10-29(20)39-34(42)21-11-14-23(36)15-12-21)26-17-18-28(33(37)41)32-31(26)27-16-13-22(19-30(27)38-32)35(43)40(2)24-7-4-3-5-8-24/h3-19,38H,1-2H3,(H2,37,41)(H,39,42). The number of rotatable bonds is 6. The molecule has 0 saturated heterocycles. The van der Waals surface area contributed by atoms with Gasteiger partial charge in [-0.15, -0.1) is 0 Å². The molecule has 0 saturated carbocycles. The Morgan fingerprint density at radius 3 is 2.26 bits per heavy atom. The van der Waals surface area contributed by atoms with Crippen LogP contribution in [0.1, 0.15) is 36.6 Å². The molecule has 0 unspecified atom stereocenters. The molecular weight excluding hydrogens is 543 g/mol. The number of nitrogens with one attached hydrogen (secondary N) is 2. The molecule has 0 aliphatic rings. The first-order chi connectivity index (χ1) is 20.7. The number of halogens is 1. The second kappa shape index (κ2) is 10.9. The SMILES string of the molecule is Cc1c(NC(=O)c2ccc(F)cc2)cccc1-c1ccc(C(N)=O)c2[nH]c3cc(C(=O)N(C)c4ccccc4)ccc3c12. The minimum absolute atomic E-state index is 0.178. The highest BCUT2D eigenvalue weighted by molar-refractivity contribution is 6.21. The van der Waals surface area contributed by atoms with Crippen molar-refractivity contribution in [2.75, 3.05) is 17.3 Å². The second-order valence-electron chi connectivity index (χ2n) is 10.3. The van der Waals surface area contributed by atoms with E-state index in [9.17, 15) is 18.8 Å².